The van der Waals surface area contributed by atoms with E-state index >= 15 is 0 Å². The minimum Gasteiger partial charge on any atom is -0.394 e. The lowest BCUT2D eigenvalue weighted by Gasteiger charge is -2.16. The van der Waals surface area contributed by atoms with E-state index < -0.39 is 0 Å². The van der Waals surface area contributed by atoms with Crippen molar-refractivity contribution >= 4 is 5.91 Å². The minimum atomic E-state index is -0.287. The van der Waals surface area contributed by atoms with Crippen LogP contribution in [-0.2, 0) is 4.79 Å². The van der Waals surface area contributed by atoms with E-state index in [1.807, 2.05) is 37.3 Å². The molecule has 0 bridgehead atoms. The summed E-state index contributed by atoms with van der Waals surface area (Å²) in [7, 11) is 0. The van der Waals surface area contributed by atoms with Gasteiger partial charge in [0.2, 0.25) is 5.91 Å². The maximum Gasteiger partial charge on any atom is 0.220 e. The van der Waals surface area contributed by atoms with Gasteiger partial charge in [-0.1, -0.05) is 37.3 Å². The summed E-state index contributed by atoms with van der Waals surface area (Å²) in [4.78, 5) is 11.4. The second-order valence-electron chi connectivity index (χ2n) is 3.46. The summed E-state index contributed by atoms with van der Waals surface area (Å²) >= 11 is 0. The predicted molar refractivity (Wildman–Crippen MR) is 59.3 cm³/mol. The Labute approximate surface area is 90.1 Å². The van der Waals surface area contributed by atoms with Crippen molar-refractivity contribution in [1.29, 1.82) is 0 Å². The van der Waals surface area contributed by atoms with Crippen LogP contribution in [0.25, 0.3) is 0 Å². The molecular weight excluding hydrogens is 190 g/mol. The number of rotatable bonds is 5. The number of benzene rings is 1. The second-order valence-corrected chi connectivity index (χ2v) is 3.46. The average molecular weight is 207 g/mol. The third-order valence-electron chi connectivity index (χ3n) is 2.20. The molecule has 0 saturated carbocycles. The largest absolute Gasteiger partial charge is 0.394 e. The molecule has 1 amide bonds. The number of hydrogen-bond acceptors (Lipinski definition) is 2. The fraction of sp³-hybridized carbons (Fsp3) is 0.417. The Morgan fingerprint density at radius 1 is 1.40 bits per heavy atom. The van der Waals surface area contributed by atoms with E-state index in [0.717, 1.165) is 12.0 Å². The lowest BCUT2D eigenvalue weighted by Crippen LogP contribution is -2.30. The Morgan fingerprint density at radius 2 is 2.07 bits per heavy atom. The van der Waals surface area contributed by atoms with Crippen molar-refractivity contribution in [2.75, 3.05) is 6.61 Å². The SMILES string of the molecule is CCCC(=O)NC(CO)c1ccccc1. The second kappa shape index (κ2) is 6.19. The number of hydrogen-bond donors (Lipinski definition) is 2. The van der Waals surface area contributed by atoms with Gasteiger partial charge in [0.05, 0.1) is 12.6 Å². The summed E-state index contributed by atoms with van der Waals surface area (Å²) in [5.41, 5.74) is 0.935. The smallest absolute Gasteiger partial charge is 0.220 e. The maximum absolute atomic E-state index is 11.4. The molecule has 0 radical (unpaired) electrons. The van der Waals surface area contributed by atoms with Crippen LogP contribution in [-0.4, -0.2) is 17.6 Å². The van der Waals surface area contributed by atoms with Crippen molar-refractivity contribution in [1.82, 2.24) is 5.32 Å². The Kier molecular flexibility index (Phi) is 4.84. The van der Waals surface area contributed by atoms with Crippen molar-refractivity contribution in [3.05, 3.63) is 35.9 Å². The van der Waals surface area contributed by atoms with Crippen LogP contribution in [0.5, 0.6) is 0 Å². The molecule has 0 aliphatic heterocycles. The average Bonchev–Trinajstić information content (AvgIpc) is 2.27. The summed E-state index contributed by atoms with van der Waals surface area (Å²) < 4.78 is 0. The standard InChI is InChI=1S/C12H17NO2/c1-2-6-12(15)13-11(9-14)10-7-4-3-5-8-10/h3-5,7-8,11,14H,2,6,9H2,1H3,(H,13,15). The molecule has 3 nitrogen and oxygen atoms in total. The molecule has 0 aliphatic rings. The molecule has 0 saturated heterocycles. The van der Waals surface area contributed by atoms with Crippen LogP contribution in [0.2, 0.25) is 0 Å². The maximum atomic E-state index is 11.4. The Hall–Kier alpha value is -1.35. The van der Waals surface area contributed by atoms with Gasteiger partial charge in [-0.15, -0.1) is 0 Å². The van der Waals surface area contributed by atoms with Gasteiger partial charge in [0.25, 0.3) is 0 Å². The molecule has 1 aromatic carbocycles. The molecule has 0 aliphatic carbocycles. The zero-order chi connectivity index (χ0) is 11.1. The molecule has 0 fully saturated rings. The van der Waals surface area contributed by atoms with E-state index in [-0.39, 0.29) is 18.6 Å². The first-order valence-corrected chi connectivity index (χ1v) is 5.23. The molecule has 2 N–H and O–H groups in total. The van der Waals surface area contributed by atoms with E-state index in [0.29, 0.717) is 6.42 Å². The summed E-state index contributed by atoms with van der Waals surface area (Å²) in [5, 5.41) is 12.0. The van der Waals surface area contributed by atoms with Crippen molar-refractivity contribution in [2.24, 2.45) is 0 Å². The van der Waals surface area contributed by atoms with Gasteiger partial charge >= 0.3 is 0 Å². The van der Waals surface area contributed by atoms with Crippen molar-refractivity contribution in [3.8, 4) is 0 Å². The normalized spacial score (nSPS) is 12.1. The molecular formula is C12H17NO2. The lowest BCUT2D eigenvalue weighted by molar-refractivity contribution is -0.122. The number of amides is 1. The van der Waals surface area contributed by atoms with Gasteiger partial charge in [-0.2, -0.15) is 0 Å². The Balaban J connectivity index is 2.61. The summed E-state index contributed by atoms with van der Waals surface area (Å²) in [5.74, 6) is -0.0135. The molecule has 0 aromatic heterocycles. The van der Waals surface area contributed by atoms with E-state index in [4.69, 9.17) is 0 Å². The van der Waals surface area contributed by atoms with Gasteiger partial charge in [-0.25, -0.2) is 0 Å². The highest BCUT2D eigenvalue weighted by molar-refractivity contribution is 5.76. The zero-order valence-corrected chi connectivity index (χ0v) is 8.94. The monoisotopic (exact) mass is 207 g/mol. The highest BCUT2D eigenvalue weighted by Gasteiger charge is 2.11. The van der Waals surface area contributed by atoms with Crippen LogP contribution in [0.4, 0.5) is 0 Å². The van der Waals surface area contributed by atoms with Gasteiger partial charge < -0.3 is 10.4 Å². The lowest BCUT2D eigenvalue weighted by atomic mass is 10.1. The topological polar surface area (TPSA) is 49.3 Å². The molecule has 3 heteroatoms. The summed E-state index contributed by atoms with van der Waals surface area (Å²) in [6.07, 6.45) is 1.32. The van der Waals surface area contributed by atoms with Crippen LogP contribution in [0.3, 0.4) is 0 Å². The van der Waals surface area contributed by atoms with Gasteiger partial charge in [-0.3, -0.25) is 4.79 Å². The quantitative estimate of drug-likeness (QED) is 0.771. The van der Waals surface area contributed by atoms with Crippen LogP contribution in [0.15, 0.2) is 30.3 Å². The highest BCUT2D eigenvalue weighted by atomic mass is 16.3. The summed E-state index contributed by atoms with van der Waals surface area (Å²) in [6, 6.07) is 9.20. The van der Waals surface area contributed by atoms with E-state index in [2.05, 4.69) is 5.32 Å². The molecule has 1 rings (SSSR count). The van der Waals surface area contributed by atoms with Crippen LogP contribution < -0.4 is 5.32 Å². The summed E-state index contributed by atoms with van der Waals surface area (Å²) in [6.45, 7) is 1.88. The minimum absolute atomic E-state index is 0.0135. The molecule has 1 unspecified atom stereocenters. The van der Waals surface area contributed by atoms with E-state index in [9.17, 15) is 9.90 Å². The van der Waals surface area contributed by atoms with Crippen LogP contribution >= 0.6 is 0 Å². The number of nitrogens with one attached hydrogen (secondary N) is 1. The number of carbonyl (C=O) groups is 1. The van der Waals surface area contributed by atoms with Crippen molar-refractivity contribution < 1.29 is 9.90 Å². The highest BCUT2D eigenvalue weighted by Crippen LogP contribution is 2.11. The zero-order valence-electron chi connectivity index (χ0n) is 8.94. The van der Waals surface area contributed by atoms with Crippen molar-refractivity contribution in [2.45, 2.75) is 25.8 Å². The fourth-order valence-corrected chi connectivity index (χ4v) is 1.41. The van der Waals surface area contributed by atoms with Gasteiger partial charge in [0, 0.05) is 6.42 Å². The van der Waals surface area contributed by atoms with Gasteiger partial charge in [0.15, 0.2) is 0 Å². The number of aliphatic hydroxyl groups excluding tert-OH is 1. The predicted octanol–water partition coefficient (Wildman–Crippen LogP) is 1.64. The van der Waals surface area contributed by atoms with Crippen LogP contribution in [0.1, 0.15) is 31.4 Å². The molecule has 82 valence electrons. The molecule has 1 atom stereocenters. The number of carbonyl (C=O) groups excluding carboxylic acids is 1. The molecule has 1 aromatic rings. The Morgan fingerprint density at radius 3 is 2.60 bits per heavy atom. The molecule has 0 spiro atoms. The van der Waals surface area contributed by atoms with E-state index in [1.165, 1.54) is 0 Å². The fourth-order valence-electron chi connectivity index (χ4n) is 1.41. The third-order valence-corrected chi connectivity index (χ3v) is 2.20. The van der Waals surface area contributed by atoms with Crippen molar-refractivity contribution in [3.63, 3.8) is 0 Å². The van der Waals surface area contributed by atoms with Crippen LogP contribution in [0, 0.1) is 0 Å². The number of aliphatic hydroxyl groups is 1. The first kappa shape index (κ1) is 11.7. The van der Waals surface area contributed by atoms with Gasteiger partial charge in [-0.05, 0) is 12.0 Å². The first-order chi connectivity index (χ1) is 7.27. The Bertz CT molecular complexity index is 298. The molecule has 15 heavy (non-hydrogen) atoms. The van der Waals surface area contributed by atoms with E-state index in [1.54, 1.807) is 0 Å². The molecule has 0 heterocycles. The van der Waals surface area contributed by atoms with Gasteiger partial charge in [0.1, 0.15) is 0 Å². The first-order valence-electron chi connectivity index (χ1n) is 5.23. The third kappa shape index (κ3) is 3.72.